The average molecular weight is 363 g/mol. The summed E-state index contributed by atoms with van der Waals surface area (Å²) in [6.07, 6.45) is 1.75. The van der Waals surface area contributed by atoms with Crippen LogP contribution in [0.4, 0.5) is 0 Å². The first kappa shape index (κ1) is 16.4. The molecular formula is C24H17N3O. The molecule has 0 fully saturated rings. The van der Waals surface area contributed by atoms with E-state index in [1.807, 2.05) is 85.8 Å². The molecule has 0 unspecified atom stereocenters. The molecule has 134 valence electrons. The Bertz CT molecular complexity index is 1370. The Labute approximate surface area is 161 Å². The van der Waals surface area contributed by atoms with Gasteiger partial charge in [0.15, 0.2) is 0 Å². The second kappa shape index (κ2) is 6.43. The largest absolute Gasteiger partial charge is 0.268 e. The third kappa shape index (κ3) is 2.58. The van der Waals surface area contributed by atoms with E-state index < -0.39 is 0 Å². The van der Waals surface area contributed by atoms with Crippen molar-refractivity contribution in [2.75, 3.05) is 0 Å². The van der Waals surface area contributed by atoms with Crippen molar-refractivity contribution in [2.45, 2.75) is 6.92 Å². The normalized spacial score (nSPS) is 11.2. The minimum atomic E-state index is -0.0856. The zero-order chi connectivity index (χ0) is 19.1. The smallest absolute Gasteiger partial charge is 0.266 e. The van der Waals surface area contributed by atoms with Gasteiger partial charge in [-0.3, -0.25) is 14.3 Å². The summed E-state index contributed by atoms with van der Waals surface area (Å²) in [5.41, 5.74) is 4.27. The summed E-state index contributed by atoms with van der Waals surface area (Å²) in [6, 6.07) is 25.2. The molecule has 0 aliphatic heterocycles. The molecule has 2 heterocycles. The van der Waals surface area contributed by atoms with Crippen molar-refractivity contribution < 1.29 is 0 Å². The molecule has 0 aliphatic rings. The van der Waals surface area contributed by atoms with Crippen LogP contribution in [-0.2, 0) is 0 Å². The Morgan fingerprint density at radius 1 is 0.786 bits per heavy atom. The van der Waals surface area contributed by atoms with Crippen LogP contribution in [-0.4, -0.2) is 14.5 Å². The maximum atomic E-state index is 13.5. The molecule has 3 aromatic carbocycles. The third-order valence-corrected chi connectivity index (χ3v) is 4.94. The number of hydrogen-bond acceptors (Lipinski definition) is 3. The summed E-state index contributed by atoms with van der Waals surface area (Å²) >= 11 is 0. The number of hydrogen-bond donors (Lipinski definition) is 0. The Morgan fingerprint density at radius 2 is 1.57 bits per heavy atom. The monoisotopic (exact) mass is 363 g/mol. The van der Waals surface area contributed by atoms with Crippen LogP contribution in [0.3, 0.4) is 0 Å². The average Bonchev–Trinajstić information content (AvgIpc) is 2.74. The molecule has 0 spiro atoms. The predicted molar refractivity (Wildman–Crippen MR) is 113 cm³/mol. The van der Waals surface area contributed by atoms with Crippen molar-refractivity contribution in [2.24, 2.45) is 0 Å². The SMILES string of the molecule is Cc1ccc(-c2nc3c(ccc4ncccc43)c(=O)n2-c2ccccc2)cc1. The van der Waals surface area contributed by atoms with E-state index in [1.165, 1.54) is 0 Å². The highest BCUT2D eigenvalue weighted by Gasteiger charge is 2.16. The predicted octanol–water partition coefficient (Wildman–Crippen LogP) is 4.91. The van der Waals surface area contributed by atoms with Gasteiger partial charge in [0, 0.05) is 17.1 Å². The number of benzene rings is 3. The number of aryl methyl sites for hydroxylation is 1. The van der Waals surface area contributed by atoms with Crippen molar-refractivity contribution in [3.05, 3.63) is 101 Å². The summed E-state index contributed by atoms with van der Waals surface area (Å²) in [7, 11) is 0. The van der Waals surface area contributed by atoms with Gasteiger partial charge in [0.25, 0.3) is 5.56 Å². The van der Waals surface area contributed by atoms with Gasteiger partial charge in [0.05, 0.1) is 22.1 Å². The van der Waals surface area contributed by atoms with Gasteiger partial charge < -0.3 is 0 Å². The minimum absolute atomic E-state index is 0.0856. The van der Waals surface area contributed by atoms with Crippen LogP contribution in [0.25, 0.3) is 38.9 Å². The number of rotatable bonds is 2. The molecule has 0 amide bonds. The Balaban J connectivity index is 1.95. The lowest BCUT2D eigenvalue weighted by Crippen LogP contribution is -2.22. The van der Waals surface area contributed by atoms with Gasteiger partial charge >= 0.3 is 0 Å². The van der Waals surface area contributed by atoms with E-state index >= 15 is 0 Å². The molecule has 2 aromatic heterocycles. The molecule has 0 radical (unpaired) electrons. The first-order chi connectivity index (χ1) is 13.7. The maximum Gasteiger partial charge on any atom is 0.266 e. The van der Waals surface area contributed by atoms with E-state index in [1.54, 1.807) is 10.8 Å². The van der Waals surface area contributed by atoms with Crippen LogP contribution in [0.15, 0.2) is 89.9 Å². The first-order valence-corrected chi connectivity index (χ1v) is 9.15. The molecule has 0 saturated carbocycles. The van der Waals surface area contributed by atoms with E-state index in [2.05, 4.69) is 4.98 Å². The second-order valence-corrected chi connectivity index (χ2v) is 6.81. The van der Waals surface area contributed by atoms with E-state index in [9.17, 15) is 4.79 Å². The van der Waals surface area contributed by atoms with Crippen LogP contribution < -0.4 is 5.56 Å². The van der Waals surface area contributed by atoms with Crippen LogP contribution >= 0.6 is 0 Å². The van der Waals surface area contributed by atoms with Crippen LogP contribution in [0.5, 0.6) is 0 Å². The summed E-state index contributed by atoms with van der Waals surface area (Å²) in [6.45, 7) is 2.04. The lowest BCUT2D eigenvalue weighted by atomic mass is 10.1. The van der Waals surface area contributed by atoms with E-state index in [-0.39, 0.29) is 5.56 Å². The Kier molecular flexibility index (Phi) is 3.76. The topological polar surface area (TPSA) is 47.8 Å². The zero-order valence-corrected chi connectivity index (χ0v) is 15.3. The molecule has 5 aromatic rings. The fourth-order valence-corrected chi connectivity index (χ4v) is 3.52. The lowest BCUT2D eigenvalue weighted by molar-refractivity contribution is 0.977. The summed E-state index contributed by atoms with van der Waals surface area (Å²) < 4.78 is 1.69. The van der Waals surface area contributed by atoms with E-state index in [4.69, 9.17) is 4.98 Å². The third-order valence-electron chi connectivity index (χ3n) is 4.94. The quantitative estimate of drug-likeness (QED) is 0.419. The Morgan fingerprint density at radius 3 is 2.36 bits per heavy atom. The van der Waals surface area contributed by atoms with Crippen molar-refractivity contribution in [3.8, 4) is 17.1 Å². The molecule has 28 heavy (non-hydrogen) atoms. The number of aromatic nitrogens is 3. The van der Waals surface area contributed by atoms with Crippen molar-refractivity contribution in [3.63, 3.8) is 0 Å². The van der Waals surface area contributed by atoms with Crippen molar-refractivity contribution >= 4 is 21.8 Å². The lowest BCUT2D eigenvalue weighted by Gasteiger charge is -2.15. The van der Waals surface area contributed by atoms with E-state index in [0.717, 1.165) is 27.7 Å². The van der Waals surface area contributed by atoms with Gasteiger partial charge in [-0.15, -0.1) is 0 Å². The highest BCUT2D eigenvalue weighted by Crippen LogP contribution is 2.26. The van der Waals surface area contributed by atoms with Gasteiger partial charge in [0.2, 0.25) is 0 Å². The highest BCUT2D eigenvalue weighted by atomic mass is 16.1. The van der Waals surface area contributed by atoms with Gasteiger partial charge in [-0.2, -0.15) is 0 Å². The molecular weight excluding hydrogens is 346 g/mol. The fraction of sp³-hybridized carbons (Fsp3) is 0.0417. The van der Waals surface area contributed by atoms with Gasteiger partial charge in [-0.25, -0.2) is 4.98 Å². The molecule has 0 saturated heterocycles. The van der Waals surface area contributed by atoms with Crippen LogP contribution in [0.2, 0.25) is 0 Å². The maximum absolute atomic E-state index is 13.5. The molecule has 0 N–H and O–H groups in total. The molecule has 0 aliphatic carbocycles. The fourth-order valence-electron chi connectivity index (χ4n) is 3.52. The molecule has 0 atom stereocenters. The van der Waals surface area contributed by atoms with E-state index in [0.29, 0.717) is 16.7 Å². The molecule has 5 rings (SSSR count). The summed E-state index contributed by atoms with van der Waals surface area (Å²) in [5, 5.41) is 1.46. The zero-order valence-electron chi connectivity index (χ0n) is 15.3. The van der Waals surface area contributed by atoms with Crippen LogP contribution in [0.1, 0.15) is 5.56 Å². The van der Waals surface area contributed by atoms with Crippen molar-refractivity contribution in [1.29, 1.82) is 0 Å². The number of fused-ring (bicyclic) bond motifs is 3. The molecule has 4 nitrogen and oxygen atoms in total. The molecule has 4 heteroatoms. The number of pyridine rings is 1. The number of para-hydroxylation sites is 1. The molecule has 0 bridgehead atoms. The highest BCUT2D eigenvalue weighted by molar-refractivity contribution is 6.03. The summed E-state index contributed by atoms with van der Waals surface area (Å²) in [5.74, 6) is 0.625. The Hall–Kier alpha value is -3.79. The van der Waals surface area contributed by atoms with Gasteiger partial charge in [-0.05, 0) is 43.3 Å². The second-order valence-electron chi connectivity index (χ2n) is 6.81. The summed E-state index contributed by atoms with van der Waals surface area (Å²) in [4.78, 5) is 22.9. The van der Waals surface area contributed by atoms with Crippen molar-refractivity contribution in [1.82, 2.24) is 14.5 Å². The minimum Gasteiger partial charge on any atom is -0.268 e. The van der Waals surface area contributed by atoms with Crippen LogP contribution in [0, 0.1) is 6.92 Å². The van der Waals surface area contributed by atoms with Gasteiger partial charge in [0.1, 0.15) is 5.82 Å². The first-order valence-electron chi connectivity index (χ1n) is 9.15. The standard InChI is InChI=1S/C24H17N3O/c1-16-9-11-17(12-10-16)23-26-22-19-8-5-15-25-21(19)14-13-20(22)24(28)27(23)18-6-3-2-4-7-18/h2-15H,1H3. The van der Waals surface area contributed by atoms with Gasteiger partial charge in [-0.1, -0.05) is 48.0 Å². The number of nitrogens with zero attached hydrogens (tertiary/aromatic N) is 3.